The lowest BCUT2D eigenvalue weighted by atomic mass is 9.42. The van der Waals surface area contributed by atoms with Crippen molar-refractivity contribution in [1.82, 2.24) is 10.6 Å². The van der Waals surface area contributed by atoms with E-state index in [1.165, 1.54) is 11.0 Å². The monoisotopic (exact) mass is 1070 g/mol. The van der Waals surface area contributed by atoms with Gasteiger partial charge in [-0.25, -0.2) is 8.78 Å². The van der Waals surface area contributed by atoms with Crippen LogP contribution in [0.4, 0.5) is 8.78 Å². The number of carboxylic acid groups (broad SMARTS) is 1. The molecular weight excluding hydrogens is 987 g/mol. The maximum Gasteiger partial charge on any atom is 0.310 e. The second-order valence-electron chi connectivity index (χ2n) is 24.7. The van der Waals surface area contributed by atoms with Crippen LogP contribution in [0, 0.1) is 80.8 Å². The molecule has 15 nitrogen and oxygen atoms in total. The van der Waals surface area contributed by atoms with E-state index in [4.69, 9.17) is 22.1 Å². The van der Waals surface area contributed by atoms with Gasteiger partial charge in [-0.05, 0) is 112 Å². The highest BCUT2D eigenvalue weighted by molar-refractivity contribution is 7.79. The highest BCUT2D eigenvalue weighted by atomic mass is 32.1. The number of alkyl halides is 2. The minimum atomic E-state index is -1.88. The fourth-order valence-corrected chi connectivity index (χ4v) is 17.3. The Bertz CT molecular complexity index is 2180. The first-order chi connectivity index (χ1) is 33.9. The average molecular weight is 1070 g/mol. The molecule has 0 aromatic rings. The number of carbonyl (C=O) groups excluding carboxylic acids is 5. The number of ether oxygens (including phenoxy) is 1. The van der Waals surface area contributed by atoms with Gasteiger partial charge in [0.2, 0.25) is 5.78 Å². The highest BCUT2D eigenvalue weighted by Gasteiger charge is 2.78. The van der Waals surface area contributed by atoms with E-state index >= 15 is 8.78 Å². The van der Waals surface area contributed by atoms with E-state index in [0.717, 1.165) is 6.42 Å². The molecule has 8 fully saturated rings. The summed E-state index contributed by atoms with van der Waals surface area (Å²) in [5.74, 6) is -5.78. The molecule has 8 aliphatic rings. The van der Waals surface area contributed by atoms with Crippen molar-refractivity contribution in [3.8, 4) is 0 Å². The van der Waals surface area contributed by atoms with Crippen LogP contribution in [-0.4, -0.2) is 138 Å². The molecule has 0 aromatic carbocycles. The molecule has 0 amide bonds. The largest absolute Gasteiger partial charge is 0.481 e. The van der Waals surface area contributed by atoms with Gasteiger partial charge in [-0.15, -0.1) is 0 Å². The van der Waals surface area contributed by atoms with E-state index in [1.807, 2.05) is 13.8 Å². The third-order valence-corrected chi connectivity index (χ3v) is 21.8. The van der Waals surface area contributed by atoms with E-state index < -0.39 is 123 Å². The van der Waals surface area contributed by atoms with Crippen LogP contribution in [0.1, 0.15) is 145 Å². The van der Waals surface area contributed by atoms with Crippen LogP contribution < -0.4 is 10.6 Å². The van der Waals surface area contributed by atoms with Crippen LogP contribution in [0.2, 0.25) is 0 Å². The first-order valence-corrected chi connectivity index (χ1v) is 27.5. The molecule has 0 saturated heterocycles. The summed E-state index contributed by atoms with van der Waals surface area (Å²) in [6, 6.07) is 0. The molecule has 0 bridgehead atoms. The number of thiocarbonyl (C=S) groups is 2. The lowest BCUT2D eigenvalue weighted by Crippen LogP contribution is -2.71. The maximum atomic E-state index is 17.3. The van der Waals surface area contributed by atoms with Crippen molar-refractivity contribution >= 4 is 70.5 Å². The van der Waals surface area contributed by atoms with Crippen molar-refractivity contribution in [3.05, 3.63) is 0 Å². The van der Waals surface area contributed by atoms with Crippen LogP contribution in [0.25, 0.3) is 0 Å². The molecule has 8 N–H and O–H groups in total. The molecule has 0 radical (unpaired) electrons. The fourth-order valence-electron chi connectivity index (χ4n) is 17.1. The van der Waals surface area contributed by atoms with Crippen LogP contribution >= 0.6 is 24.4 Å². The molecule has 8 unspecified atom stereocenters. The summed E-state index contributed by atoms with van der Waals surface area (Å²) in [4.78, 5) is 72.6. The summed E-state index contributed by atoms with van der Waals surface area (Å²) in [5, 5.41) is 69.2. The topological polar surface area (TPSA) is 257 Å². The van der Waals surface area contributed by atoms with Gasteiger partial charge >= 0.3 is 11.9 Å². The Balaban J connectivity index is 0.000000208. The molecule has 0 heterocycles. The normalized spacial score (nSPS) is 46.0. The molecule has 8 saturated carbocycles. The van der Waals surface area contributed by atoms with Gasteiger partial charge in [-0.1, -0.05) is 79.8 Å². The number of nitrogens with one attached hydrogen (secondary N) is 2. The summed E-state index contributed by atoms with van der Waals surface area (Å²) in [6.45, 7) is 13.5. The molecule has 412 valence electrons. The zero-order valence-corrected chi connectivity index (χ0v) is 45.6. The predicted octanol–water partition coefficient (Wildman–Crippen LogP) is 5.39. The number of carboxylic acids is 1. The number of rotatable bonds is 13. The van der Waals surface area contributed by atoms with Crippen LogP contribution in [0.15, 0.2) is 0 Å². The van der Waals surface area contributed by atoms with Gasteiger partial charge in [0.05, 0.1) is 35.0 Å². The molecule has 19 heteroatoms. The zero-order valence-electron chi connectivity index (χ0n) is 43.9. The maximum absolute atomic E-state index is 17.3. The third-order valence-electron chi connectivity index (χ3n) is 21.5. The summed E-state index contributed by atoms with van der Waals surface area (Å²) in [6.07, 6.45) is 2.98. The molecule has 8 rings (SSSR count). The zero-order chi connectivity index (χ0) is 54.7. The number of fused-ring (bicyclic) bond motifs is 10. The Morgan fingerprint density at radius 1 is 0.685 bits per heavy atom. The van der Waals surface area contributed by atoms with Gasteiger partial charge in [-0.2, -0.15) is 0 Å². The Kier molecular flexibility index (Phi) is 17.4. The minimum absolute atomic E-state index is 0.00645. The summed E-state index contributed by atoms with van der Waals surface area (Å²) >= 11 is 9.12. The number of carbonyl (C=O) groups is 6. The van der Waals surface area contributed by atoms with E-state index in [9.17, 15) is 54.3 Å². The summed E-state index contributed by atoms with van der Waals surface area (Å²) in [7, 11) is 0. The first-order valence-electron chi connectivity index (χ1n) is 26.5. The van der Waals surface area contributed by atoms with Crippen molar-refractivity contribution in [3.63, 3.8) is 0 Å². The standard InChI is InChI=1S/C27H40FNO6S.C22H33FO5.C5H9NO2S/c1-15(12-29-14-36)23(33)35-13-22(32)27(34)16(2)9-20-19-6-5-17-10-18(30)7-8-24(17,3)26(19,28)21(31)11-25(20,27)4;1-12-8-16-15-5-4-13-9-14(25)6-7-19(13,2)21(15,23)17(26)10-20(16,3)22(12,28)18(27)11-24;1-4(5(7)8)2-6-3-9/h14-17,19-21,31,34H,5-13H2,1-4H3,(H,29,36);12-13,15-17,24,26,28H,4-11H2,1-3H3;3-4H,2H2,1H3,(H,6,9)(H,7,8)/t15?,16-,17?,19?,20?,21-,24-,25-,26-,27-;12-,13?,15?,16?,17-,19-,20-,21-,22-;/m00./s1. The van der Waals surface area contributed by atoms with Crippen molar-refractivity contribution in [2.45, 2.75) is 180 Å². The minimum Gasteiger partial charge on any atom is -0.481 e. The van der Waals surface area contributed by atoms with Gasteiger partial charge in [0, 0.05) is 60.4 Å². The first kappa shape index (κ1) is 59.3. The molecule has 0 spiro atoms. The fraction of sp³-hybridized carbons (Fsp3) is 0.852. The van der Waals surface area contributed by atoms with Crippen LogP contribution in [0.3, 0.4) is 0 Å². The number of hydrogen-bond acceptors (Lipinski definition) is 14. The smallest absolute Gasteiger partial charge is 0.310 e. The van der Waals surface area contributed by atoms with Gasteiger partial charge in [0.1, 0.15) is 40.7 Å². The Hall–Kier alpha value is -2.94. The lowest BCUT2D eigenvalue weighted by Gasteiger charge is -2.65. The summed E-state index contributed by atoms with van der Waals surface area (Å²) < 4.78 is 39.5. The van der Waals surface area contributed by atoms with E-state index in [2.05, 4.69) is 22.9 Å². The summed E-state index contributed by atoms with van der Waals surface area (Å²) in [5.41, 5.74) is -8.31. The molecule has 20 atom stereocenters. The number of aliphatic carboxylic acids is 1. The van der Waals surface area contributed by atoms with E-state index in [-0.39, 0.29) is 60.5 Å². The van der Waals surface area contributed by atoms with Gasteiger partial charge in [0.15, 0.2) is 12.4 Å². The molecular formula is C54H82F2N2O13S2. The SMILES string of the molecule is CC(CNC=S)C(=O)O.CC(CNC=S)C(=O)OCC(=O)[C@@]1(O)[C@@H](C)CC2C3CCC4CC(=O)CC[C@]4(C)[C@@]3(F)[C@@H](O)C[C@@]21C.C[C@H]1CC2C3CCC4CC(=O)CC[C@]4(C)[C@@]3(F)[C@@H](O)C[C@]2(C)[C@@]1(O)C(=O)CO. The lowest BCUT2D eigenvalue weighted by molar-refractivity contribution is -0.255. The van der Waals surface area contributed by atoms with Crippen molar-refractivity contribution in [2.75, 3.05) is 26.3 Å². The molecule has 0 aliphatic heterocycles. The highest BCUT2D eigenvalue weighted by Crippen LogP contribution is 2.73. The Labute approximate surface area is 439 Å². The number of ketones is 4. The molecule has 8 aliphatic carbocycles. The second-order valence-corrected chi connectivity index (χ2v) is 25.2. The van der Waals surface area contributed by atoms with Crippen molar-refractivity contribution in [1.29, 1.82) is 0 Å². The van der Waals surface area contributed by atoms with Crippen LogP contribution in [-0.2, 0) is 33.5 Å². The van der Waals surface area contributed by atoms with E-state index in [0.29, 0.717) is 77.2 Å². The molecule has 73 heavy (non-hydrogen) atoms. The Morgan fingerprint density at radius 2 is 1.08 bits per heavy atom. The predicted molar refractivity (Wildman–Crippen MR) is 273 cm³/mol. The van der Waals surface area contributed by atoms with Gasteiger partial charge < -0.3 is 46.0 Å². The van der Waals surface area contributed by atoms with Gasteiger partial charge in [-0.3, -0.25) is 28.8 Å². The van der Waals surface area contributed by atoms with Gasteiger partial charge in [0.25, 0.3) is 0 Å². The van der Waals surface area contributed by atoms with Crippen molar-refractivity contribution in [2.24, 2.45) is 80.8 Å². The number of esters is 1. The number of aliphatic hydroxyl groups is 5. The average Bonchev–Trinajstić information content (AvgIpc) is 3.67. The quantitative estimate of drug-likeness (QED) is 0.0850. The van der Waals surface area contributed by atoms with Crippen LogP contribution in [0.5, 0.6) is 0 Å². The number of aliphatic hydroxyl groups excluding tert-OH is 3. The number of hydrogen-bond donors (Lipinski definition) is 8. The third kappa shape index (κ3) is 9.17. The Morgan fingerprint density at radius 3 is 1.47 bits per heavy atom. The number of halogens is 2. The van der Waals surface area contributed by atoms with Crippen molar-refractivity contribution < 1.29 is 72.9 Å². The van der Waals surface area contributed by atoms with E-state index in [1.54, 1.807) is 41.5 Å². The molecule has 0 aromatic heterocycles. The second kappa shape index (κ2) is 21.5. The number of Topliss-reactive ketones (excluding diaryl/α,β-unsaturated/α-hetero) is 4.